The molecule has 0 atom stereocenters. The SMILES string of the molecule is CCn1c(O)c(C(=Nc2ccc3c(ccn3C(=O)CN3CCN(C)CC3)c2)c2ccccc2)c2ccc(C(=O)O)cc21. The summed E-state index contributed by atoms with van der Waals surface area (Å²) >= 11 is 0. The molecular formula is C33H33N5O4. The molecule has 0 saturated carbocycles. The molecule has 0 radical (unpaired) electrons. The van der Waals surface area contributed by atoms with Crippen LogP contribution in [0.5, 0.6) is 5.88 Å². The van der Waals surface area contributed by atoms with E-state index in [-0.39, 0.29) is 17.4 Å². The van der Waals surface area contributed by atoms with Crippen LogP contribution in [0, 0.1) is 0 Å². The van der Waals surface area contributed by atoms with Gasteiger partial charge in [-0.2, -0.15) is 0 Å². The molecule has 2 N–H and O–H groups in total. The van der Waals surface area contributed by atoms with E-state index in [0.717, 1.165) is 42.6 Å². The highest BCUT2D eigenvalue weighted by molar-refractivity contribution is 6.22. The van der Waals surface area contributed by atoms with Gasteiger partial charge in [0.15, 0.2) is 0 Å². The third-order valence-corrected chi connectivity index (χ3v) is 8.02. The summed E-state index contributed by atoms with van der Waals surface area (Å²) in [5.74, 6) is -0.964. The minimum absolute atomic E-state index is 0.0272. The van der Waals surface area contributed by atoms with Gasteiger partial charge in [0.2, 0.25) is 11.8 Å². The number of likely N-dealkylation sites (N-methyl/N-ethyl adjacent to an activating group) is 1. The molecule has 214 valence electrons. The number of carboxylic acid groups (broad SMARTS) is 1. The number of aliphatic imine (C=N–C) groups is 1. The van der Waals surface area contributed by atoms with Crippen LogP contribution in [-0.2, 0) is 6.54 Å². The molecule has 0 spiro atoms. The highest BCUT2D eigenvalue weighted by atomic mass is 16.4. The van der Waals surface area contributed by atoms with Crippen LogP contribution >= 0.6 is 0 Å². The van der Waals surface area contributed by atoms with Crippen LogP contribution in [0.2, 0.25) is 0 Å². The van der Waals surface area contributed by atoms with Crippen molar-refractivity contribution in [1.29, 1.82) is 0 Å². The molecule has 0 aliphatic carbocycles. The maximum Gasteiger partial charge on any atom is 0.335 e. The summed E-state index contributed by atoms with van der Waals surface area (Å²) in [6, 6.07) is 22.1. The molecule has 0 unspecified atom stereocenters. The van der Waals surface area contributed by atoms with E-state index in [1.807, 2.05) is 67.7 Å². The van der Waals surface area contributed by atoms with Gasteiger partial charge in [0, 0.05) is 55.3 Å². The van der Waals surface area contributed by atoms with E-state index < -0.39 is 5.97 Å². The number of benzene rings is 3. The Hall–Kier alpha value is -4.73. The predicted molar refractivity (Wildman–Crippen MR) is 164 cm³/mol. The Labute approximate surface area is 243 Å². The maximum absolute atomic E-state index is 13.2. The van der Waals surface area contributed by atoms with Crippen molar-refractivity contribution in [2.45, 2.75) is 13.5 Å². The Morgan fingerprint density at radius 2 is 1.64 bits per heavy atom. The highest BCUT2D eigenvalue weighted by Gasteiger charge is 2.23. The molecule has 1 aliphatic heterocycles. The Bertz CT molecular complexity index is 1830. The summed E-state index contributed by atoms with van der Waals surface area (Å²) in [6.45, 7) is 6.40. The number of carbonyl (C=O) groups is 2. The summed E-state index contributed by atoms with van der Waals surface area (Å²) in [4.78, 5) is 34.3. The Balaban J connectivity index is 1.42. The van der Waals surface area contributed by atoms with Gasteiger partial charge in [-0.25, -0.2) is 9.79 Å². The number of hydrogen-bond donors (Lipinski definition) is 2. The minimum atomic E-state index is -1.03. The molecule has 1 saturated heterocycles. The van der Waals surface area contributed by atoms with Crippen LogP contribution in [-0.4, -0.2) is 86.5 Å². The summed E-state index contributed by atoms with van der Waals surface area (Å²) in [7, 11) is 2.10. The van der Waals surface area contributed by atoms with Crippen LogP contribution in [0.4, 0.5) is 5.69 Å². The van der Waals surface area contributed by atoms with E-state index >= 15 is 0 Å². The first-order chi connectivity index (χ1) is 20.3. The van der Waals surface area contributed by atoms with Gasteiger partial charge < -0.3 is 19.7 Å². The first-order valence-corrected chi connectivity index (χ1v) is 14.1. The van der Waals surface area contributed by atoms with Crippen LogP contribution in [0.3, 0.4) is 0 Å². The van der Waals surface area contributed by atoms with Crippen molar-refractivity contribution >= 4 is 45.1 Å². The van der Waals surface area contributed by atoms with Gasteiger partial charge in [0.1, 0.15) is 0 Å². The van der Waals surface area contributed by atoms with Crippen molar-refractivity contribution < 1.29 is 19.8 Å². The quantitative estimate of drug-likeness (QED) is 0.268. The lowest BCUT2D eigenvalue weighted by atomic mass is 10.00. The molecule has 0 amide bonds. The lowest BCUT2D eigenvalue weighted by molar-refractivity contribution is 0.0696. The number of aromatic hydroxyl groups is 1. The van der Waals surface area contributed by atoms with E-state index in [4.69, 9.17) is 4.99 Å². The molecule has 0 bridgehead atoms. The second-order valence-electron chi connectivity index (χ2n) is 10.7. The van der Waals surface area contributed by atoms with E-state index in [2.05, 4.69) is 16.8 Å². The van der Waals surface area contributed by atoms with E-state index in [0.29, 0.717) is 41.0 Å². The zero-order valence-corrected chi connectivity index (χ0v) is 23.7. The highest BCUT2D eigenvalue weighted by Crippen LogP contribution is 2.35. The molecule has 2 aromatic heterocycles. The number of hydrogen-bond acceptors (Lipinski definition) is 6. The van der Waals surface area contributed by atoms with Gasteiger partial charge >= 0.3 is 5.97 Å². The van der Waals surface area contributed by atoms with Gasteiger partial charge in [-0.3, -0.25) is 14.3 Å². The molecule has 1 aliphatic rings. The first-order valence-electron chi connectivity index (χ1n) is 14.1. The van der Waals surface area contributed by atoms with Gasteiger partial charge in [-0.1, -0.05) is 36.4 Å². The number of fused-ring (bicyclic) bond motifs is 2. The smallest absolute Gasteiger partial charge is 0.335 e. The Kier molecular flexibility index (Phi) is 7.36. The zero-order valence-electron chi connectivity index (χ0n) is 23.7. The second kappa shape index (κ2) is 11.3. The van der Waals surface area contributed by atoms with Crippen LogP contribution < -0.4 is 0 Å². The monoisotopic (exact) mass is 563 g/mol. The van der Waals surface area contributed by atoms with Crippen molar-refractivity contribution in [3.8, 4) is 5.88 Å². The van der Waals surface area contributed by atoms with Crippen LogP contribution in [0.15, 0.2) is 84.0 Å². The summed E-state index contributed by atoms with van der Waals surface area (Å²) in [5, 5.41) is 22.6. The fraction of sp³-hybridized carbons (Fsp3) is 0.242. The fourth-order valence-corrected chi connectivity index (χ4v) is 5.70. The topological polar surface area (TPSA) is 103 Å². The number of aryl methyl sites for hydroxylation is 1. The van der Waals surface area contributed by atoms with E-state index in [9.17, 15) is 19.8 Å². The van der Waals surface area contributed by atoms with Crippen molar-refractivity contribution in [1.82, 2.24) is 18.9 Å². The van der Waals surface area contributed by atoms with Crippen molar-refractivity contribution in [3.63, 3.8) is 0 Å². The first kappa shape index (κ1) is 27.4. The molecule has 42 heavy (non-hydrogen) atoms. The fourth-order valence-electron chi connectivity index (χ4n) is 5.70. The van der Waals surface area contributed by atoms with Crippen molar-refractivity contribution in [2.24, 2.45) is 4.99 Å². The summed E-state index contributed by atoms with van der Waals surface area (Å²) < 4.78 is 3.41. The third-order valence-electron chi connectivity index (χ3n) is 8.02. The van der Waals surface area contributed by atoms with Gasteiger partial charge in [-0.05, 0) is 50.4 Å². The Morgan fingerprint density at radius 1 is 0.881 bits per heavy atom. The molecule has 6 rings (SSSR count). The van der Waals surface area contributed by atoms with Crippen molar-refractivity contribution in [3.05, 3.63) is 95.7 Å². The Morgan fingerprint density at radius 3 is 2.36 bits per heavy atom. The van der Waals surface area contributed by atoms with Gasteiger partial charge in [-0.15, -0.1) is 0 Å². The lowest BCUT2D eigenvalue weighted by Crippen LogP contribution is -2.46. The molecule has 3 aromatic carbocycles. The largest absolute Gasteiger partial charge is 0.494 e. The summed E-state index contributed by atoms with van der Waals surface area (Å²) in [6.07, 6.45) is 1.81. The molecular weight excluding hydrogens is 530 g/mol. The number of aromatic carboxylic acids is 1. The predicted octanol–water partition coefficient (Wildman–Crippen LogP) is 5.08. The molecule has 1 fully saturated rings. The molecule has 5 aromatic rings. The standard InChI is InChI=1S/C33H33N5O4/c1-3-37-28-20-24(33(41)42)9-11-26(28)30(32(37)40)31(22-7-5-4-6-8-22)34-25-10-12-27-23(19-25)13-14-38(27)29(39)21-36-17-15-35(2)16-18-36/h4-14,19-20,40H,3,15-18,21H2,1-2H3,(H,41,42). The summed E-state index contributed by atoms with van der Waals surface area (Å²) in [5.41, 5.74) is 4.18. The third kappa shape index (κ3) is 5.08. The number of carbonyl (C=O) groups excluding carboxylic acids is 1. The number of piperazine rings is 1. The number of nitrogens with zero attached hydrogens (tertiary/aromatic N) is 5. The average molecular weight is 564 g/mol. The maximum atomic E-state index is 13.2. The molecule has 9 heteroatoms. The number of aromatic nitrogens is 2. The minimum Gasteiger partial charge on any atom is -0.494 e. The second-order valence-corrected chi connectivity index (χ2v) is 10.7. The number of carboxylic acids is 1. The van der Waals surface area contributed by atoms with E-state index in [1.54, 1.807) is 27.3 Å². The van der Waals surface area contributed by atoms with Crippen molar-refractivity contribution in [2.75, 3.05) is 39.8 Å². The number of rotatable bonds is 7. The lowest BCUT2D eigenvalue weighted by Gasteiger charge is -2.31. The molecule has 9 nitrogen and oxygen atoms in total. The van der Waals surface area contributed by atoms with Gasteiger partial charge in [0.05, 0.1) is 40.1 Å². The zero-order chi connectivity index (χ0) is 29.4. The molecule has 3 heterocycles. The van der Waals surface area contributed by atoms with E-state index in [1.165, 1.54) is 0 Å². The van der Waals surface area contributed by atoms with Crippen LogP contribution in [0.1, 0.15) is 33.2 Å². The normalized spacial score (nSPS) is 15.0. The van der Waals surface area contributed by atoms with Gasteiger partial charge in [0.25, 0.3) is 0 Å². The average Bonchev–Trinajstić information content (AvgIpc) is 3.54. The van der Waals surface area contributed by atoms with Crippen LogP contribution in [0.25, 0.3) is 21.8 Å².